The van der Waals surface area contributed by atoms with Gasteiger partial charge in [-0.25, -0.2) is 0 Å². The summed E-state index contributed by atoms with van der Waals surface area (Å²) in [6.07, 6.45) is 8.86. The molecule has 0 aliphatic heterocycles. The first-order chi connectivity index (χ1) is 15.5. The van der Waals surface area contributed by atoms with E-state index in [4.69, 9.17) is 16.3 Å². The van der Waals surface area contributed by atoms with Gasteiger partial charge in [0.25, 0.3) is 0 Å². The second kappa shape index (κ2) is 7.91. The molecule has 0 radical (unpaired) electrons. The van der Waals surface area contributed by atoms with Crippen molar-refractivity contribution in [3.05, 3.63) is 46.5 Å². The lowest BCUT2D eigenvalue weighted by molar-refractivity contribution is -0.232. The Morgan fingerprint density at radius 1 is 1.06 bits per heavy atom. The van der Waals surface area contributed by atoms with Crippen LogP contribution in [-0.2, 0) is 16.1 Å². The maximum Gasteiger partial charge on any atom is 0.169 e. The number of rotatable bonds is 4. The van der Waals surface area contributed by atoms with E-state index in [9.17, 15) is 15.0 Å². The smallest absolute Gasteiger partial charge is 0.169 e. The Balaban J connectivity index is 1.34. The third-order valence-electron chi connectivity index (χ3n) is 10.3. The van der Waals surface area contributed by atoms with E-state index in [0.717, 1.165) is 37.7 Å². The zero-order chi connectivity index (χ0) is 23.6. The van der Waals surface area contributed by atoms with E-state index >= 15 is 0 Å². The Hall–Kier alpha value is -1.20. The molecule has 0 heterocycles. The predicted octanol–water partition coefficient (Wildman–Crippen LogP) is 5.83. The Labute approximate surface area is 202 Å². The normalized spacial score (nSPS) is 44.4. The van der Waals surface area contributed by atoms with E-state index in [-0.39, 0.29) is 16.6 Å². The zero-order valence-corrected chi connectivity index (χ0v) is 20.8. The first-order valence-electron chi connectivity index (χ1n) is 12.5. The Morgan fingerprint density at radius 2 is 1.76 bits per heavy atom. The predicted molar refractivity (Wildman–Crippen MR) is 129 cm³/mol. The second-order valence-corrected chi connectivity index (χ2v) is 12.1. The number of Topliss-reactive ketones (excluding diaryl/α,β-unsaturated/α-hetero) is 1. The van der Waals surface area contributed by atoms with Crippen molar-refractivity contribution in [1.82, 2.24) is 0 Å². The number of hydrogen-bond donors (Lipinski definition) is 2. The molecule has 3 unspecified atom stereocenters. The molecular formula is C28H37ClO4. The van der Waals surface area contributed by atoms with E-state index in [1.54, 1.807) is 6.92 Å². The minimum Gasteiger partial charge on any atom is -0.382 e. The first kappa shape index (κ1) is 23.5. The van der Waals surface area contributed by atoms with Crippen molar-refractivity contribution < 1.29 is 19.7 Å². The summed E-state index contributed by atoms with van der Waals surface area (Å²) in [6.45, 7) is 6.47. The van der Waals surface area contributed by atoms with E-state index in [0.29, 0.717) is 48.6 Å². The number of halogens is 1. The molecule has 4 aliphatic rings. The third kappa shape index (κ3) is 3.55. The Kier molecular flexibility index (Phi) is 5.64. The number of aliphatic hydroxyl groups is 2. The summed E-state index contributed by atoms with van der Waals surface area (Å²) in [4.78, 5) is 12.4. The molecule has 0 spiro atoms. The number of carbonyl (C=O) groups excluding carboxylic acids is 1. The maximum atomic E-state index is 12.4. The molecule has 7 atom stereocenters. The lowest BCUT2D eigenvalue weighted by Crippen LogP contribution is -2.57. The summed E-state index contributed by atoms with van der Waals surface area (Å²) in [7, 11) is 0. The standard InChI is InChI=1S/C28H37ClO4/c1-18(30)28(32)13-11-24-22-9-6-20-16-27(31,33-17-19-4-7-21(29)8-5-19)15-14-25(20,2)23(22)10-12-26(24,28)3/h4-8,22-24,31-32H,9-17H2,1-3H3/t22?,23?,24?,25-,26-,27-,28+/m0/s1. The maximum absolute atomic E-state index is 12.4. The van der Waals surface area contributed by atoms with E-state index in [1.807, 2.05) is 24.3 Å². The number of hydrogen-bond acceptors (Lipinski definition) is 4. The van der Waals surface area contributed by atoms with Gasteiger partial charge in [-0.2, -0.15) is 0 Å². The molecule has 0 amide bonds. The molecule has 3 saturated carbocycles. The number of ether oxygens (including phenoxy) is 1. The topological polar surface area (TPSA) is 66.8 Å². The quantitative estimate of drug-likeness (QED) is 0.427. The molecular weight excluding hydrogens is 436 g/mol. The van der Waals surface area contributed by atoms with Crippen LogP contribution in [0.15, 0.2) is 35.9 Å². The molecule has 1 aromatic carbocycles. The lowest BCUT2D eigenvalue weighted by atomic mass is 9.46. The zero-order valence-electron chi connectivity index (χ0n) is 20.1. The summed E-state index contributed by atoms with van der Waals surface area (Å²) in [5.74, 6) is 0.202. The second-order valence-electron chi connectivity index (χ2n) is 11.7. The number of ketones is 1. The minimum atomic E-state index is -1.17. The van der Waals surface area contributed by atoms with Gasteiger partial charge in [0.2, 0.25) is 0 Å². The summed E-state index contributed by atoms with van der Waals surface area (Å²) in [5.41, 5.74) is 0.896. The van der Waals surface area contributed by atoms with Gasteiger partial charge in [-0.1, -0.05) is 49.2 Å². The van der Waals surface area contributed by atoms with Gasteiger partial charge in [-0.3, -0.25) is 4.79 Å². The van der Waals surface area contributed by atoms with Gasteiger partial charge in [0.05, 0.1) is 6.61 Å². The number of carbonyl (C=O) groups is 1. The molecule has 5 heteroatoms. The van der Waals surface area contributed by atoms with Crippen LogP contribution >= 0.6 is 11.6 Å². The van der Waals surface area contributed by atoms with Crippen LogP contribution in [0, 0.1) is 28.6 Å². The molecule has 1 aromatic rings. The van der Waals surface area contributed by atoms with Gasteiger partial charge in [0, 0.05) is 23.3 Å². The monoisotopic (exact) mass is 472 g/mol. The SMILES string of the molecule is CC(=O)[C@]1(O)CCC2C3CC=C4C[C@@](O)(OCc5ccc(Cl)cc5)CC[C@]4(C)C3CC[C@@]21C. The number of allylic oxidation sites excluding steroid dienone is 1. The first-order valence-corrected chi connectivity index (χ1v) is 12.9. The Morgan fingerprint density at radius 3 is 2.45 bits per heavy atom. The van der Waals surface area contributed by atoms with Gasteiger partial charge in [-0.15, -0.1) is 0 Å². The van der Waals surface area contributed by atoms with Crippen molar-refractivity contribution in [1.29, 1.82) is 0 Å². The van der Waals surface area contributed by atoms with Crippen molar-refractivity contribution in [3.8, 4) is 0 Å². The fourth-order valence-electron chi connectivity index (χ4n) is 8.13. The molecule has 180 valence electrons. The molecule has 0 saturated heterocycles. The minimum absolute atomic E-state index is 0.0526. The van der Waals surface area contributed by atoms with Crippen LogP contribution in [0.3, 0.4) is 0 Å². The van der Waals surface area contributed by atoms with Crippen LogP contribution in [0.2, 0.25) is 5.02 Å². The average molecular weight is 473 g/mol. The molecule has 3 fully saturated rings. The molecule has 33 heavy (non-hydrogen) atoms. The number of benzene rings is 1. The summed E-state index contributed by atoms with van der Waals surface area (Å²) in [6, 6.07) is 7.57. The van der Waals surface area contributed by atoms with Crippen LogP contribution in [0.4, 0.5) is 0 Å². The van der Waals surface area contributed by atoms with Crippen LogP contribution in [0.5, 0.6) is 0 Å². The summed E-state index contributed by atoms with van der Waals surface area (Å²) >= 11 is 5.98. The molecule has 5 rings (SSSR count). The van der Waals surface area contributed by atoms with Gasteiger partial charge in [-0.05, 0) is 86.3 Å². The van der Waals surface area contributed by atoms with Crippen molar-refractivity contribution in [2.24, 2.45) is 28.6 Å². The van der Waals surface area contributed by atoms with Crippen molar-refractivity contribution in [2.45, 2.75) is 90.1 Å². The van der Waals surface area contributed by atoms with Gasteiger partial charge in [0.1, 0.15) is 5.60 Å². The van der Waals surface area contributed by atoms with Gasteiger partial charge < -0.3 is 14.9 Å². The van der Waals surface area contributed by atoms with E-state index < -0.39 is 11.4 Å². The van der Waals surface area contributed by atoms with E-state index in [2.05, 4.69) is 19.9 Å². The summed E-state index contributed by atoms with van der Waals surface area (Å²) < 4.78 is 6.07. The van der Waals surface area contributed by atoms with Crippen molar-refractivity contribution in [3.63, 3.8) is 0 Å². The van der Waals surface area contributed by atoms with Crippen LogP contribution in [0.25, 0.3) is 0 Å². The lowest BCUT2D eigenvalue weighted by Gasteiger charge is -2.59. The highest BCUT2D eigenvalue weighted by molar-refractivity contribution is 6.30. The van der Waals surface area contributed by atoms with Gasteiger partial charge in [0.15, 0.2) is 11.6 Å². The summed E-state index contributed by atoms with van der Waals surface area (Å²) in [5, 5.41) is 23.3. The third-order valence-corrected chi connectivity index (χ3v) is 10.5. The molecule has 0 aromatic heterocycles. The fourth-order valence-corrected chi connectivity index (χ4v) is 8.26. The molecule has 2 N–H and O–H groups in total. The highest BCUT2D eigenvalue weighted by Gasteiger charge is 2.65. The van der Waals surface area contributed by atoms with Crippen LogP contribution in [0.1, 0.15) is 77.7 Å². The van der Waals surface area contributed by atoms with Gasteiger partial charge >= 0.3 is 0 Å². The van der Waals surface area contributed by atoms with Crippen LogP contribution < -0.4 is 0 Å². The fraction of sp³-hybridized carbons (Fsp3) is 0.679. The molecule has 0 bridgehead atoms. The van der Waals surface area contributed by atoms with Crippen LogP contribution in [-0.4, -0.2) is 27.4 Å². The largest absolute Gasteiger partial charge is 0.382 e. The highest BCUT2D eigenvalue weighted by Crippen LogP contribution is 2.67. The molecule has 4 nitrogen and oxygen atoms in total. The average Bonchev–Trinajstić information content (AvgIpc) is 3.06. The van der Waals surface area contributed by atoms with Crippen molar-refractivity contribution in [2.75, 3.05) is 0 Å². The van der Waals surface area contributed by atoms with Crippen molar-refractivity contribution >= 4 is 17.4 Å². The molecule has 4 aliphatic carbocycles. The highest BCUT2D eigenvalue weighted by atomic mass is 35.5. The van der Waals surface area contributed by atoms with E-state index in [1.165, 1.54) is 5.57 Å². The Bertz CT molecular complexity index is 973. The number of fused-ring (bicyclic) bond motifs is 5.